The molecule has 2 N–H and O–H groups in total. The van der Waals surface area contributed by atoms with Crippen molar-refractivity contribution >= 4 is 23.7 Å². The Balaban J connectivity index is 1.41. The minimum atomic E-state index is -4.88. The largest absolute Gasteiger partial charge is 0.417 e. The van der Waals surface area contributed by atoms with Crippen molar-refractivity contribution < 1.29 is 40.3 Å². The van der Waals surface area contributed by atoms with Crippen LogP contribution in [0.2, 0.25) is 0 Å². The van der Waals surface area contributed by atoms with Crippen LogP contribution in [0.1, 0.15) is 69.2 Å². The van der Waals surface area contributed by atoms with Crippen LogP contribution < -0.4 is 10.6 Å². The number of alkyl halides is 6. The van der Waals surface area contributed by atoms with Crippen LogP contribution in [0.4, 0.5) is 36.7 Å². The number of nitrogens with zero attached hydrogens (tertiary/aromatic N) is 6. The number of carbonyl (C=O) groups excluding carboxylic acids is 2. The minimum Gasteiger partial charge on any atom is -0.369 e. The predicted molar refractivity (Wildman–Crippen MR) is 152 cm³/mol. The zero-order valence-electron chi connectivity index (χ0n) is 24.7. The summed E-state index contributed by atoms with van der Waals surface area (Å²) in [6.45, 7) is 0.790. The van der Waals surface area contributed by atoms with Crippen LogP contribution in [0.5, 0.6) is 0 Å². The van der Waals surface area contributed by atoms with E-state index >= 15 is 0 Å². The Bertz CT molecular complexity index is 1720. The van der Waals surface area contributed by atoms with Gasteiger partial charge >= 0.3 is 12.4 Å². The first-order chi connectivity index (χ1) is 21.4. The molecule has 16 heteroatoms. The zero-order chi connectivity index (χ0) is 33.7. The van der Waals surface area contributed by atoms with Gasteiger partial charge in [0.05, 0.1) is 36.3 Å². The number of rotatable bonds is 7. The number of aliphatic imine (C=N–C) groups is 1. The molecule has 0 saturated carbocycles. The van der Waals surface area contributed by atoms with Gasteiger partial charge in [-0.05, 0) is 46.9 Å². The molecule has 1 unspecified atom stereocenters. The van der Waals surface area contributed by atoms with Gasteiger partial charge in [-0.15, -0.1) is 0 Å². The highest BCUT2D eigenvalue weighted by atomic mass is 19.4. The topological polar surface area (TPSA) is 108 Å². The fraction of sp³-hybridized carbons (Fsp3) is 0.367. The van der Waals surface area contributed by atoms with E-state index in [9.17, 15) is 40.3 Å². The first-order valence-corrected chi connectivity index (χ1v) is 13.9. The molecule has 9 nitrogen and oxygen atoms in total. The van der Waals surface area contributed by atoms with E-state index in [1.165, 1.54) is 18.0 Å². The number of carbonyl (C=O) groups is 2. The second-order valence-corrected chi connectivity index (χ2v) is 11.4. The van der Waals surface area contributed by atoms with Crippen LogP contribution in [0.3, 0.4) is 0 Å². The maximum Gasteiger partial charge on any atom is 0.417 e. The number of hydrogen-bond donors (Lipinski definition) is 1. The van der Waals surface area contributed by atoms with Crippen LogP contribution >= 0.6 is 0 Å². The molecule has 1 aromatic heterocycles. The van der Waals surface area contributed by atoms with Crippen LogP contribution in [0.15, 0.2) is 47.6 Å². The monoisotopic (exact) mass is 651 g/mol. The number of halogens is 7. The van der Waals surface area contributed by atoms with Crippen molar-refractivity contribution in [2.75, 3.05) is 19.0 Å². The average Bonchev–Trinajstić information content (AvgIpc) is 3.51. The van der Waals surface area contributed by atoms with Crippen LogP contribution in [0.25, 0.3) is 0 Å². The van der Waals surface area contributed by atoms with E-state index in [0.29, 0.717) is 17.2 Å². The molecular formula is C30H28F7N7O2. The van der Waals surface area contributed by atoms with Crippen LogP contribution in [-0.4, -0.2) is 57.8 Å². The highest BCUT2D eigenvalue weighted by Gasteiger charge is 2.40. The van der Waals surface area contributed by atoms with Crippen molar-refractivity contribution in [3.8, 4) is 0 Å². The number of hydrogen-bond acceptors (Lipinski definition) is 7. The quantitative estimate of drug-likeness (QED) is 0.347. The molecule has 0 aliphatic carbocycles. The number of fused-ring (bicyclic) bond motifs is 1. The fourth-order valence-corrected chi connectivity index (χ4v) is 5.53. The molecule has 2 amide bonds. The summed E-state index contributed by atoms with van der Waals surface area (Å²) in [4.78, 5) is 43.4. The highest BCUT2D eigenvalue weighted by Crippen LogP contribution is 2.38. The summed E-state index contributed by atoms with van der Waals surface area (Å²) in [7, 11) is 3.44. The molecule has 0 fully saturated rings. The summed E-state index contributed by atoms with van der Waals surface area (Å²) >= 11 is 0. The van der Waals surface area contributed by atoms with Gasteiger partial charge in [-0.3, -0.25) is 14.5 Å². The third-order valence-electron chi connectivity index (χ3n) is 7.74. The first kappa shape index (κ1) is 32.6. The predicted octanol–water partition coefficient (Wildman–Crippen LogP) is 5.31. The Kier molecular flexibility index (Phi) is 8.42. The van der Waals surface area contributed by atoms with E-state index in [-0.39, 0.29) is 35.7 Å². The zero-order valence-corrected chi connectivity index (χ0v) is 24.7. The smallest absolute Gasteiger partial charge is 0.369 e. The van der Waals surface area contributed by atoms with Crippen molar-refractivity contribution in [2.45, 2.75) is 57.3 Å². The van der Waals surface area contributed by atoms with Gasteiger partial charge in [-0.1, -0.05) is 19.1 Å². The fourth-order valence-electron chi connectivity index (χ4n) is 5.53. The van der Waals surface area contributed by atoms with E-state index in [2.05, 4.69) is 15.0 Å². The molecule has 0 radical (unpaired) electrons. The molecule has 2 aromatic carbocycles. The molecule has 2 aliphatic heterocycles. The van der Waals surface area contributed by atoms with Crippen molar-refractivity contribution in [3.63, 3.8) is 0 Å². The number of anilines is 1. The molecule has 3 aromatic rings. The lowest BCUT2D eigenvalue weighted by Gasteiger charge is -2.22. The number of nitrogens with two attached hydrogens (primary N) is 1. The lowest BCUT2D eigenvalue weighted by molar-refractivity contribution is -0.138. The van der Waals surface area contributed by atoms with Gasteiger partial charge < -0.3 is 15.5 Å². The van der Waals surface area contributed by atoms with Gasteiger partial charge in [0.1, 0.15) is 5.82 Å². The third-order valence-corrected chi connectivity index (χ3v) is 7.74. The van der Waals surface area contributed by atoms with Crippen LogP contribution in [-0.2, 0) is 30.6 Å². The second-order valence-electron chi connectivity index (χ2n) is 11.4. The van der Waals surface area contributed by atoms with E-state index in [4.69, 9.17) is 5.73 Å². The first-order valence-electron chi connectivity index (χ1n) is 13.9. The molecule has 2 atom stereocenters. The van der Waals surface area contributed by atoms with E-state index in [1.54, 1.807) is 19.0 Å². The van der Waals surface area contributed by atoms with Gasteiger partial charge in [0, 0.05) is 32.4 Å². The Hall–Kier alpha value is -4.76. The molecule has 2 aliphatic rings. The number of aromatic nitrogens is 2. The molecule has 0 spiro atoms. The normalized spacial score (nSPS) is 17.3. The third kappa shape index (κ3) is 6.60. The van der Waals surface area contributed by atoms with Gasteiger partial charge in [-0.2, -0.15) is 26.3 Å². The van der Waals surface area contributed by atoms with E-state index < -0.39 is 66.0 Å². The molecule has 244 valence electrons. The Morgan fingerprint density at radius 2 is 1.80 bits per heavy atom. The molecular weight excluding hydrogens is 623 g/mol. The Morgan fingerprint density at radius 3 is 2.46 bits per heavy atom. The van der Waals surface area contributed by atoms with Crippen molar-refractivity contribution in [1.82, 2.24) is 19.8 Å². The van der Waals surface area contributed by atoms with Gasteiger partial charge in [0.25, 0.3) is 11.8 Å². The van der Waals surface area contributed by atoms with E-state index in [1.807, 2.05) is 0 Å². The summed E-state index contributed by atoms with van der Waals surface area (Å²) in [5, 5.41) is 0. The summed E-state index contributed by atoms with van der Waals surface area (Å²) in [5.74, 6) is -3.68. The minimum absolute atomic E-state index is 0.0118. The van der Waals surface area contributed by atoms with Crippen LogP contribution in [0, 0.1) is 5.82 Å². The van der Waals surface area contributed by atoms with Gasteiger partial charge in [0.2, 0.25) is 5.95 Å². The Morgan fingerprint density at radius 1 is 1.09 bits per heavy atom. The molecule has 46 heavy (non-hydrogen) atoms. The standard InChI is InChI=1S/C30H28F7N7O2/c1-15(10-29(32,33)34)20-9-18(31)5-6-19(20)24-26(46)44(27(38)41-24)12-16-4-7-22(30(35,36)37)21(8-16)25(45)43-13-17-11-39-28(42(2)3)40-23(17)14-43/h4-9,11,15,24H,10,12-14H2,1-3H3,(H2,38,41)/t15?,24-/m1/s1. The van der Waals surface area contributed by atoms with Gasteiger partial charge in [-0.25, -0.2) is 19.4 Å². The van der Waals surface area contributed by atoms with Crippen molar-refractivity contribution in [2.24, 2.45) is 10.7 Å². The summed E-state index contributed by atoms with van der Waals surface area (Å²) < 4.78 is 95.6. The number of guanidine groups is 1. The number of benzene rings is 2. The number of amides is 2. The summed E-state index contributed by atoms with van der Waals surface area (Å²) in [6.07, 6.45) is -9.20. The molecule has 0 bridgehead atoms. The maximum absolute atomic E-state index is 14.1. The molecule has 0 saturated heterocycles. The van der Waals surface area contributed by atoms with Gasteiger partial charge in [0.15, 0.2) is 12.0 Å². The average molecular weight is 652 g/mol. The van der Waals surface area contributed by atoms with E-state index in [0.717, 1.165) is 41.3 Å². The summed E-state index contributed by atoms with van der Waals surface area (Å²) in [5.41, 5.74) is 5.32. The lowest BCUT2D eigenvalue weighted by Crippen LogP contribution is -2.37. The Labute approximate surface area is 258 Å². The SMILES string of the molecule is CC(CC(F)(F)F)c1cc(F)ccc1[C@H]1N=C(N)N(Cc2ccc(C(F)(F)F)c(C(=O)N3Cc4cnc(N(C)C)nc4C3)c2)C1=O. The maximum atomic E-state index is 14.1. The molecule has 5 rings (SSSR count). The second kappa shape index (κ2) is 11.9. The van der Waals surface area contributed by atoms with Crippen molar-refractivity contribution in [1.29, 1.82) is 0 Å². The molecule has 3 heterocycles. The van der Waals surface area contributed by atoms with Crippen molar-refractivity contribution in [3.05, 3.63) is 87.5 Å². The lowest BCUT2D eigenvalue weighted by atomic mass is 9.89. The highest BCUT2D eigenvalue weighted by molar-refractivity contribution is 6.04. The summed E-state index contributed by atoms with van der Waals surface area (Å²) in [6, 6.07) is 4.50.